The highest BCUT2D eigenvalue weighted by molar-refractivity contribution is 6.29. The van der Waals surface area contributed by atoms with E-state index in [-0.39, 0.29) is 0 Å². The number of hydrogen-bond donors (Lipinski definition) is 1. The second-order valence-corrected chi connectivity index (χ2v) is 4.47. The first-order valence-electron chi connectivity index (χ1n) is 4.80. The Labute approximate surface area is 82.3 Å². The summed E-state index contributed by atoms with van der Waals surface area (Å²) < 4.78 is 5.45. The number of fused-ring (bicyclic) bond motifs is 2. The smallest absolute Gasteiger partial charge is 0.193 e. The van der Waals surface area contributed by atoms with E-state index in [2.05, 4.69) is 5.32 Å². The van der Waals surface area contributed by atoms with Crippen LogP contribution in [0.3, 0.4) is 0 Å². The van der Waals surface area contributed by atoms with Crippen LogP contribution in [-0.4, -0.2) is 13.1 Å². The summed E-state index contributed by atoms with van der Waals surface area (Å²) in [4.78, 5) is 0. The van der Waals surface area contributed by atoms with Crippen molar-refractivity contribution in [2.24, 2.45) is 0 Å². The molecule has 2 nitrogen and oxygen atoms in total. The predicted octanol–water partition coefficient (Wildman–Crippen LogP) is 2.11. The summed E-state index contributed by atoms with van der Waals surface area (Å²) >= 11 is 5.85. The Bertz CT molecular complexity index is 339. The molecular weight excluding hydrogens is 186 g/mol. The summed E-state index contributed by atoms with van der Waals surface area (Å²) in [6.07, 6.45) is 3.52. The van der Waals surface area contributed by atoms with E-state index in [0.717, 1.165) is 25.3 Å². The van der Waals surface area contributed by atoms with E-state index in [4.69, 9.17) is 16.0 Å². The van der Waals surface area contributed by atoms with Crippen LogP contribution in [0.15, 0.2) is 10.5 Å². The van der Waals surface area contributed by atoms with Gasteiger partial charge in [0.2, 0.25) is 0 Å². The lowest BCUT2D eigenvalue weighted by molar-refractivity contribution is 0.462. The van der Waals surface area contributed by atoms with Crippen LogP contribution >= 0.6 is 11.6 Å². The van der Waals surface area contributed by atoms with E-state index < -0.39 is 0 Å². The van der Waals surface area contributed by atoms with Gasteiger partial charge < -0.3 is 9.73 Å². The van der Waals surface area contributed by atoms with E-state index >= 15 is 0 Å². The molecule has 1 fully saturated rings. The van der Waals surface area contributed by atoms with Crippen LogP contribution in [-0.2, 0) is 11.8 Å². The molecule has 1 atom stereocenters. The zero-order chi connectivity index (χ0) is 8.89. The molecule has 1 aliphatic carbocycles. The molecule has 2 aliphatic rings. The van der Waals surface area contributed by atoms with Gasteiger partial charge in [0, 0.05) is 23.9 Å². The minimum absolute atomic E-state index is 0.353. The topological polar surface area (TPSA) is 25.2 Å². The van der Waals surface area contributed by atoms with Crippen molar-refractivity contribution in [2.75, 3.05) is 13.1 Å². The van der Waals surface area contributed by atoms with Gasteiger partial charge in [0.15, 0.2) is 5.22 Å². The molecule has 13 heavy (non-hydrogen) atoms. The monoisotopic (exact) mass is 197 g/mol. The highest BCUT2D eigenvalue weighted by atomic mass is 35.5. The minimum atomic E-state index is 0.353. The van der Waals surface area contributed by atoms with E-state index in [0.29, 0.717) is 10.6 Å². The molecule has 70 valence electrons. The zero-order valence-electron chi connectivity index (χ0n) is 7.40. The summed E-state index contributed by atoms with van der Waals surface area (Å²) in [5.41, 5.74) is 1.72. The molecule has 0 aromatic carbocycles. The highest BCUT2D eigenvalue weighted by Gasteiger charge is 2.43. The second-order valence-electron chi connectivity index (χ2n) is 4.09. The minimum Gasteiger partial charge on any atom is -0.449 e. The van der Waals surface area contributed by atoms with Crippen LogP contribution in [0, 0.1) is 0 Å². The lowest BCUT2D eigenvalue weighted by atomic mass is 9.82. The molecule has 0 radical (unpaired) electrons. The van der Waals surface area contributed by atoms with Gasteiger partial charge in [0.25, 0.3) is 0 Å². The van der Waals surface area contributed by atoms with Crippen molar-refractivity contribution >= 4 is 11.6 Å². The van der Waals surface area contributed by atoms with Gasteiger partial charge in [-0.1, -0.05) is 0 Å². The average molecular weight is 198 g/mol. The molecule has 2 heterocycles. The molecule has 1 N–H and O–H groups in total. The van der Waals surface area contributed by atoms with Crippen LogP contribution in [0.25, 0.3) is 0 Å². The van der Waals surface area contributed by atoms with E-state index in [1.165, 1.54) is 18.4 Å². The Hall–Kier alpha value is -0.470. The molecule has 1 spiro atoms. The Kier molecular flexibility index (Phi) is 1.53. The molecule has 3 rings (SSSR count). The Morgan fingerprint density at radius 3 is 3.15 bits per heavy atom. The van der Waals surface area contributed by atoms with Gasteiger partial charge in [-0.15, -0.1) is 0 Å². The number of furan rings is 1. The molecule has 1 aromatic rings. The van der Waals surface area contributed by atoms with Crippen molar-refractivity contribution in [3.8, 4) is 0 Å². The summed E-state index contributed by atoms with van der Waals surface area (Å²) in [5.74, 6) is 1.12. The van der Waals surface area contributed by atoms with Crippen LogP contribution in [0.4, 0.5) is 0 Å². The van der Waals surface area contributed by atoms with Gasteiger partial charge in [-0.2, -0.15) is 0 Å². The fourth-order valence-corrected chi connectivity index (χ4v) is 2.91. The predicted molar refractivity (Wildman–Crippen MR) is 51.2 cm³/mol. The second kappa shape index (κ2) is 2.52. The number of rotatable bonds is 0. The van der Waals surface area contributed by atoms with Gasteiger partial charge in [0.05, 0.1) is 0 Å². The molecule has 0 bridgehead atoms. The number of halogens is 1. The van der Waals surface area contributed by atoms with Crippen LogP contribution in [0.1, 0.15) is 24.2 Å². The Morgan fingerprint density at radius 1 is 1.46 bits per heavy atom. The third-order valence-electron chi connectivity index (χ3n) is 3.42. The molecule has 1 saturated heterocycles. The maximum absolute atomic E-state index is 5.85. The molecule has 1 aromatic heterocycles. The van der Waals surface area contributed by atoms with Gasteiger partial charge in [-0.05, 0) is 37.1 Å². The summed E-state index contributed by atoms with van der Waals surface area (Å²) in [5, 5.41) is 3.97. The summed E-state index contributed by atoms with van der Waals surface area (Å²) in [6.45, 7) is 2.22. The summed E-state index contributed by atoms with van der Waals surface area (Å²) in [6, 6.07) is 2.01. The van der Waals surface area contributed by atoms with Crippen molar-refractivity contribution in [2.45, 2.75) is 24.7 Å². The molecule has 3 heteroatoms. The van der Waals surface area contributed by atoms with E-state index in [1.807, 2.05) is 6.07 Å². The van der Waals surface area contributed by atoms with Crippen LogP contribution in [0.2, 0.25) is 5.22 Å². The average Bonchev–Trinajstić information content (AvgIpc) is 2.73. The van der Waals surface area contributed by atoms with Crippen molar-refractivity contribution in [1.82, 2.24) is 5.32 Å². The van der Waals surface area contributed by atoms with Crippen LogP contribution in [0.5, 0.6) is 0 Å². The van der Waals surface area contributed by atoms with Gasteiger partial charge in [0.1, 0.15) is 5.76 Å². The number of nitrogens with one attached hydrogen (secondary N) is 1. The molecular formula is C10H12ClNO. The van der Waals surface area contributed by atoms with Crippen molar-refractivity contribution in [3.63, 3.8) is 0 Å². The SMILES string of the molecule is Clc1cc2c(o1)CCC21CCNC1. The zero-order valence-corrected chi connectivity index (χ0v) is 8.16. The highest BCUT2D eigenvalue weighted by Crippen LogP contribution is 2.45. The first-order chi connectivity index (χ1) is 6.30. The third-order valence-corrected chi connectivity index (χ3v) is 3.61. The van der Waals surface area contributed by atoms with Crippen LogP contribution < -0.4 is 5.32 Å². The standard InChI is InChI=1S/C10H12ClNO/c11-9-5-7-8(13-9)1-2-10(7)3-4-12-6-10/h5,12H,1-4,6H2. The fourth-order valence-electron chi connectivity index (χ4n) is 2.71. The molecule has 1 aliphatic heterocycles. The van der Waals surface area contributed by atoms with Crippen molar-refractivity contribution in [1.29, 1.82) is 0 Å². The maximum atomic E-state index is 5.85. The Morgan fingerprint density at radius 2 is 2.38 bits per heavy atom. The van der Waals surface area contributed by atoms with Gasteiger partial charge in [-0.25, -0.2) is 0 Å². The molecule has 0 saturated carbocycles. The first-order valence-corrected chi connectivity index (χ1v) is 5.17. The fraction of sp³-hybridized carbons (Fsp3) is 0.600. The third kappa shape index (κ3) is 0.990. The van der Waals surface area contributed by atoms with Crippen molar-refractivity contribution in [3.05, 3.63) is 22.6 Å². The van der Waals surface area contributed by atoms with Gasteiger partial charge in [-0.3, -0.25) is 0 Å². The Balaban J connectivity index is 2.09. The quantitative estimate of drug-likeness (QED) is 0.689. The molecule has 1 unspecified atom stereocenters. The largest absolute Gasteiger partial charge is 0.449 e. The molecule has 0 amide bonds. The lowest BCUT2D eigenvalue weighted by Crippen LogP contribution is -2.25. The van der Waals surface area contributed by atoms with E-state index in [9.17, 15) is 0 Å². The number of hydrogen-bond acceptors (Lipinski definition) is 2. The van der Waals surface area contributed by atoms with Crippen molar-refractivity contribution < 1.29 is 4.42 Å². The lowest BCUT2D eigenvalue weighted by Gasteiger charge is -2.20. The van der Waals surface area contributed by atoms with E-state index in [1.54, 1.807) is 0 Å². The first kappa shape index (κ1) is 7.89. The maximum Gasteiger partial charge on any atom is 0.193 e. The summed E-state index contributed by atoms with van der Waals surface area (Å²) in [7, 11) is 0. The van der Waals surface area contributed by atoms with Gasteiger partial charge >= 0.3 is 0 Å². The number of aryl methyl sites for hydroxylation is 1. The normalized spacial score (nSPS) is 31.5.